The normalized spacial score (nSPS) is 11.7. The second-order valence-corrected chi connectivity index (χ2v) is 3.77. The van der Waals surface area contributed by atoms with Gasteiger partial charge in [0.25, 0.3) is 0 Å². The Morgan fingerprint density at radius 3 is 2.86 bits per heavy atom. The van der Waals surface area contributed by atoms with Gasteiger partial charge in [0.15, 0.2) is 0 Å². The Kier molecular flexibility index (Phi) is 3.66. The van der Waals surface area contributed by atoms with Gasteiger partial charge >= 0.3 is 5.97 Å². The molecule has 1 N–H and O–H groups in total. The van der Waals surface area contributed by atoms with E-state index in [0.29, 0.717) is 0 Å². The molecule has 0 heterocycles. The van der Waals surface area contributed by atoms with Crippen LogP contribution in [-0.4, -0.2) is 11.1 Å². The molecule has 1 aromatic carbocycles. The highest BCUT2D eigenvalue weighted by Gasteiger charge is 2.16. The van der Waals surface area contributed by atoms with Gasteiger partial charge in [0.2, 0.25) is 0 Å². The number of benzene rings is 1. The first-order valence-corrected chi connectivity index (χ1v) is 4.79. The third-order valence-electron chi connectivity index (χ3n) is 1.78. The maximum atomic E-state index is 10.6. The zero-order chi connectivity index (χ0) is 10.6. The highest BCUT2D eigenvalue weighted by atomic mass is 79.9. The summed E-state index contributed by atoms with van der Waals surface area (Å²) >= 11 is 3.28. The first kappa shape index (κ1) is 10.7. The summed E-state index contributed by atoms with van der Waals surface area (Å²) in [6, 6.07) is 9.04. The second kappa shape index (κ2) is 4.77. The van der Waals surface area contributed by atoms with Gasteiger partial charge in [-0.15, -0.1) is 0 Å². The van der Waals surface area contributed by atoms with Gasteiger partial charge < -0.3 is 5.11 Å². The Labute approximate surface area is 90.1 Å². The number of nitrogens with zero attached hydrogens (tertiary/aromatic N) is 1. The molecular formula is C10H8BrNO2. The molecule has 14 heavy (non-hydrogen) atoms. The summed E-state index contributed by atoms with van der Waals surface area (Å²) in [7, 11) is 0. The van der Waals surface area contributed by atoms with Crippen molar-refractivity contribution in [3.8, 4) is 6.07 Å². The number of carboxylic acid groups (broad SMARTS) is 1. The van der Waals surface area contributed by atoms with Crippen LogP contribution >= 0.6 is 15.9 Å². The molecule has 0 aromatic heterocycles. The highest BCUT2D eigenvalue weighted by Crippen LogP contribution is 2.15. The lowest BCUT2D eigenvalue weighted by atomic mass is 10.0. The van der Waals surface area contributed by atoms with Gasteiger partial charge in [0.1, 0.15) is 5.92 Å². The van der Waals surface area contributed by atoms with Crippen molar-refractivity contribution in [1.82, 2.24) is 0 Å². The molecule has 0 aliphatic carbocycles. The molecule has 0 bridgehead atoms. The Morgan fingerprint density at radius 2 is 2.36 bits per heavy atom. The van der Waals surface area contributed by atoms with E-state index in [1.807, 2.05) is 18.2 Å². The van der Waals surface area contributed by atoms with Crippen molar-refractivity contribution < 1.29 is 9.90 Å². The third-order valence-corrected chi connectivity index (χ3v) is 2.28. The molecule has 1 unspecified atom stereocenters. The van der Waals surface area contributed by atoms with Crippen molar-refractivity contribution in [3.05, 3.63) is 34.3 Å². The zero-order valence-electron chi connectivity index (χ0n) is 7.27. The Bertz CT molecular complexity index is 384. The molecule has 4 heteroatoms. The van der Waals surface area contributed by atoms with Gasteiger partial charge in [-0.1, -0.05) is 28.1 Å². The van der Waals surface area contributed by atoms with Crippen LogP contribution in [0.4, 0.5) is 0 Å². The number of hydrogen-bond acceptors (Lipinski definition) is 2. The summed E-state index contributed by atoms with van der Waals surface area (Å²) in [5.74, 6) is -2.04. The Morgan fingerprint density at radius 1 is 1.64 bits per heavy atom. The molecule has 72 valence electrons. The molecule has 1 aromatic rings. The predicted molar refractivity (Wildman–Crippen MR) is 54.6 cm³/mol. The van der Waals surface area contributed by atoms with Crippen molar-refractivity contribution in [2.75, 3.05) is 0 Å². The van der Waals surface area contributed by atoms with E-state index in [-0.39, 0.29) is 6.42 Å². The summed E-state index contributed by atoms with van der Waals surface area (Å²) in [5, 5.41) is 17.3. The van der Waals surface area contributed by atoms with Crippen LogP contribution in [0.25, 0.3) is 0 Å². The number of carboxylic acids is 1. The molecule has 0 saturated carbocycles. The lowest BCUT2D eigenvalue weighted by Gasteiger charge is -2.03. The van der Waals surface area contributed by atoms with E-state index in [1.54, 1.807) is 12.1 Å². The van der Waals surface area contributed by atoms with Gasteiger partial charge in [-0.05, 0) is 24.1 Å². The number of rotatable bonds is 3. The monoisotopic (exact) mass is 253 g/mol. The van der Waals surface area contributed by atoms with Crippen LogP contribution in [0.5, 0.6) is 0 Å². The van der Waals surface area contributed by atoms with Crippen LogP contribution < -0.4 is 0 Å². The fourth-order valence-corrected chi connectivity index (χ4v) is 1.53. The smallest absolute Gasteiger partial charge is 0.321 e. The fraction of sp³-hybridized carbons (Fsp3) is 0.200. The van der Waals surface area contributed by atoms with Crippen molar-refractivity contribution in [3.63, 3.8) is 0 Å². The van der Waals surface area contributed by atoms with E-state index in [4.69, 9.17) is 10.4 Å². The molecule has 3 nitrogen and oxygen atoms in total. The summed E-state index contributed by atoms with van der Waals surface area (Å²) < 4.78 is 0.886. The largest absolute Gasteiger partial charge is 0.480 e. The van der Waals surface area contributed by atoms with Crippen molar-refractivity contribution in [2.45, 2.75) is 6.42 Å². The summed E-state index contributed by atoms with van der Waals surface area (Å²) in [6.45, 7) is 0. The standard InChI is InChI=1S/C10H8BrNO2/c11-9-3-1-2-7(5-9)4-8(6-12)10(13)14/h1-3,5,8H,4H2,(H,13,14). The minimum absolute atomic E-state index is 0.241. The average molecular weight is 254 g/mol. The topological polar surface area (TPSA) is 61.1 Å². The molecular weight excluding hydrogens is 246 g/mol. The molecule has 0 fully saturated rings. The summed E-state index contributed by atoms with van der Waals surface area (Å²) in [4.78, 5) is 10.6. The number of aliphatic carboxylic acids is 1. The van der Waals surface area contributed by atoms with E-state index in [0.717, 1.165) is 10.0 Å². The first-order valence-electron chi connectivity index (χ1n) is 4.00. The van der Waals surface area contributed by atoms with Crippen molar-refractivity contribution >= 4 is 21.9 Å². The van der Waals surface area contributed by atoms with Crippen molar-refractivity contribution in [1.29, 1.82) is 5.26 Å². The number of nitriles is 1. The highest BCUT2D eigenvalue weighted by molar-refractivity contribution is 9.10. The third kappa shape index (κ3) is 2.86. The minimum Gasteiger partial charge on any atom is -0.480 e. The lowest BCUT2D eigenvalue weighted by molar-refractivity contribution is -0.139. The number of hydrogen-bond donors (Lipinski definition) is 1. The van der Waals surface area contributed by atoms with Crippen LogP contribution in [0.2, 0.25) is 0 Å². The van der Waals surface area contributed by atoms with Gasteiger partial charge in [-0.2, -0.15) is 5.26 Å². The molecule has 0 spiro atoms. The number of halogens is 1. The lowest BCUT2D eigenvalue weighted by Crippen LogP contribution is -2.14. The fourth-order valence-electron chi connectivity index (χ4n) is 1.09. The molecule has 0 radical (unpaired) electrons. The number of carbonyl (C=O) groups is 1. The van der Waals surface area contributed by atoms with Crippen LogP contribution in [0.3, 0.4) is 0 Å². The summed E-state index contributed by atoms with van der Waals surface area (Å²) in [6.07, 6.45) is 0.241. The van der Waals surface area contributed by atoms with E-state index in [9.17, 15) is 4.79 Å². The van der Waals surface area contributed by atoms with Crippen LogP contribution in [0, 0.1) is 17.2 Å². The van der Waals surface area contributed by atoms with Gasteiger partial charge in [-0.3, -0.25) is 4.79 Å². The van der Waals surface area contributed by atoms with Gasteiger partial charge in [-0.25, -0.2) is 0 Å². The first-order chi connectivity index (χ1) is 6.63. The molecule has 0 amide bonds. The van der Waals surface area contributed by atoms with Crippen LogP contribution in [0.1, 0.15) is 5.56 Å². The molecule has 1 rings (SSSR count). The van der Waals surface area contributed by atoms with Crippen LogP contribution in [-0.2, 0) is 11.2 Å². The SMILES string of the molecule is N#CC(Cc1cccc(Br)c1)C(=O)O. The summed E-state index contributed by atoms with van der Waals surface area (Å²) in [5.41, 5.74) is 0.841. The predicted octanol–water partition coefficient (Wildman–Crippen LogP) is 2.22. The second-order valence-electron chi connectivity index (χ2n) is 2.85. The quantitative estimate of drug-likeness (QED) is 0.899. The Balaban J connectivity index is 2.78. The van der Waals surface area contributed by atoms with E-state index < -0.39 is 11.9 Å². The maximum absolute atomic E-state index is 10.6. The maximum Gasteiger partial charge on any atom is 0.321 e. The zero-order valence-corrected chi connectivity index (χ0v) is 8.86. The van der Waals surface area contributed by atoms with E-state index in [1.165, 1.54) is 0 Å². The Hall–Kier alpha value is -1.34. The van der Waals surface area contributed by atoms with Crippen LogP contribution in [0.15, 0.2) is 28.7 Å². The average Bonchev–Trinajstić information content (AvgIpc) is 2.14. The molecule has 0 aliphatic heterocycles. The van der Waals surface area contributed by atoms with Gasteiger partial charge in [0, 0.05) is 4.47 Å². The molecule has 0 saturated heterocycles. The van der Waals surface area contributed by atoms with Gasteiger partial charge in [0.05, 0.1) is 6.07 Å². The molecule has 1 atom stereocenters. The molecule has 0 aliphatic rings. The van der Waals surface area contributed by atoms with E-state index >= 15 is 0 Å². The van der Waals surface area contributed by atoms with E-state index in [2.05, 4.69) is 15.9 Å². The van der Waals surface area contributed by atoms with Crippen molar-refractivity contribution in [2.24, 2.45) is 5.92 Å². The minimum atomic E-state index is -1.08.